The molecule has 0 aliphatic rings. The summed E-state index contributed by atoms with van der Waals surface area (Å²) in [5, 5.41) is 5.03. The molecule has 7 heteroatoms. The third-order valence-electron chi connectivity index (χ3n) is 4.07. The Balaban J connectivity index is 2.36. The lowest BCUT2D eigenvalue weighted by molar-refractivity contribution is -0.116. The minimum absolute atomic E-state index is 0.169. The first kappa shape index (κ1) is 19.1. The number of hydrogen-bond donors (Lipinski definition) is 2. The molecule has 0 aliphatic heterocycles. The van der Waals surface area contributed by atoms with Crippen molar-refractivity contribution in [2.24, 2.45) is 7.05 Å². The number of ketones is 1. The fourth-order valence-electron chi connectivity index (χ4n) is 2.75. The molecular weight excluding hydrogens is 337 g/mol. The number of rotatable bonds is 6. The van der Waals surface area contributed by atoms with Crippen molar-refractivity contribution in [1.82, 2.24) is 9.88 Å². The van der Waals surface area contributed by atoms with Crippen molar-refractivity contribution in [2.75, 3.05) is 11.9 Å². The number of anilines is 1. The van der Waals surface area contributed by atoms with Crippen molar-refractivity contribution in [3.8, 4) is 0 Å². The zero-order valence-electron chi connectivity index (χ0n) is 14.9. The van der Waals surface area contributed by atoms with Crippen LogP contribution < -0.4 is 10.6 Å². The lowest BCUT2D eigenvalue weighted by Crippen LogP contribution is -2.31. The van der Waals surface area contributed by atoms with Crippen LogP contribution in [0.1, 0.15) is 32.1 Å². The summed E-state index contributed by atoms with van der Waals surface area (Å²) in [6, 6.07) is 5.50. The van der Waals surface area contributed by atoms with Gasteiger partial charge in [-0.15, -0.1) is 6.58 Å². The zero-order chi connectivity index (χ0) is 19.4. The smallest absolute Gasteiger partial charge is 0.292 e. The van der Waals surface area contributed by atoms with Gasteiger partial charge in [-0.3, -0.25) is 14.4 Å². The third-order valence-corrected chi connectivity index (χ3v) is 4.07. The van der Waals surface area contributed by atoms with Crippen molar-refractivity contribution in [3.63, 3.8) is 0 Å². The number of amides is 2. The van der Waals surface area contributed by atoms with Crippen molar-refractivity contribution >= 4 is 23.3 Å². The first-order chi connectivity index (χ1) is 12.3. The Bertz CT molecular complexity index is 900. The molecule has 6 nitrogen and oxygen atoms in total. The van der Waals surface area contributed by atoms with Gasteiger partial charge in [-0.2, -0.15) is 0 Å². The predicted molar refractivity (Wildman–Crippen MR) is 96.8 cm³/mol. The van der Waals surface area contributed by atoms with Crippen LogP contribution in [0.15, 0.2) is 36.9 Å². The van der Waals surface area contributed by atoms with E-state index in [1.165, 1.54) is 28.8 Å². The van der Waals surface area contributed by atoms with Crippen LogP contribution >= 0.6 is 0 Å². The van der Waals surface area contributed by atoms with Gasteiger partial charge in [0.2, 0.25) is 0 Å². The average molecular weight is 357 g/mol. The molecule has 2 rings (SSSR count). The number of nitrogens with zero attached hydrogens (tertiary/aromatic N) is 1. The van der Waals surface area contributed by atoms with Crippen LogP contribution in [-0.2, 0) is 11.8 Å². The molecule has 2 amide bonds. The van der Waals surface area contributed by atoms with Crippen molar-refractivity contribution in [2.45, 2.75) is 13.8 Å². The van der Waals surface area contributed by atoms with Gasteiger partial charge in [-0.25, -0.2) is 4.39 Å². The summed E-state index contributed by atoms with van der Waals surface area (Å²) in [7, 11) is 1.63. The highest BCUT2D eigenvalue weighted by molar-refractivity contribution is 6.43. The zero-order valence-corrected chi connectivity index (χ0v) is 14.9. The van der Waals surface area contributed by atoms with Gasteiger partial charge in [-0.1, -0.05) is 12.1 Å². The SMILES string of the molecule is C=CCNC(=O)C(=O)c1c(C)c(C(=O)Nc2cccc(F)c2)n(C)c1C. The average Bonchev–Trinajstić information content (AvgIpc) is 2.81. The number of nitrogens with one attached hydrogen (secondary N) is 2. The maximum absolute atomic E-state index is 13.3. The monoisotopic (exact) mass is 357 g/mol. The quantitative estimate of drug-likeness (QED) is 0.474. The lowest BCUT2D eigenvalue weighted by atomic mass is 10.0. The van der Waals surface area contributed by atoms with Crippen LogP contribution in [-0.4, -0.2) is 28.7 Å². The fraction of sp³-hybridized carbons (Fsp3) is 0.211. The van der Waals surface area contributed by atoms with Gasteiger partial charge < -0.3 is 15.2 Å². The van der Waals surface area contributed by atoms with Gasteiger partial charge in [0.05, 0.1) is 5.56 Å². The lowest BCUT2D eigenvalue weighted by Gasteiger charge is -2.08. The van der Waals surface area contributed by atoms with Crippen LogP contribution in [0.3, 0.4) is 0 Å². The Morgan fingerprint density at radius 3 is 2.58 bits per heavy atom. The number of halogens is 1. The molecule has 2 aromatic rings. The van der Waals surface area contributed by atoms with E-state index in [0.717, 1.165) is 0 Å². The molecule has 1 aromatic carbocycles. The molecule has 0 radical (unpaired) electrons. The Morgan fingerprint density at radius 1 is 1.27 bits per heavy atom. The van der Waals surface area contributed by atoms with E-state index in [0.29, 0.717) is 16.9 Å². The van der Waals surface area contributed by atoms with E-state index in [-0.39, 0.29) is 17.8 Å². The summed E-state index contributed by atoms with van der Waals surface area (Å²) in [5.74, 6) is -2.46. The van der Waals surface area contributed by atoms with E-state index in [2.05, 4.69) is 17.2 Å². The summed E-state index contributed by atoms with van der Waals surface area (Å²) >= 11 is 0. The van der Waals surface area contributed by atoms with Gasteiger partial charge in [-0.05, 0) is 37.6 Å². The molecule has 1 aromatic heterocycles. The number of Topliss-reactive ketones (excluding diaryl/α,β-unsaturated/α-hetero) is 1. The molecule has 0 saturated carbocycles. The van der Waals surface area contributed by atoms with E-state index in [1.807, 2.05) is 0 Å². The third kappa shape index (κ3) is 3.72. The van der Waals surface area contributed by atoms with Gasteiger partial charge in [0.25, 0.3) is 17.6 Å². The largest absolute Gasteiger partial charge is 0.346 e. The second-order valence-electron chi connectivity index (χ2n) is 5.79. The number of carbonyl (C=O) groups is 3. The Hall–Kier alpha value is -3.22. The summed E-state index contributed by atoms with van der Waals surface area (Å²) in [6.45, 7) is 6.90. The van der Waals surface area contributed by atoms with E-state index < -0.39 is 23.4 Å². The van der Waals surface area contributed by atoms with Crippen molar-refractivity contribution in [1.29, 1.82) is 0 Å². The van der Waals surface area contributed by atoms with Crippen LogP contribution in [0.5, 0.6) is 0 Å². The summed E-state index contributed by atoms with van der Waals surface area (Å²) in [5.41, 5.74) is 1.58. The highest BCUT2D eigenvalue weighted by Crippen LogP contribution is 2.23. The normalized spacial score (nSPS) is 10.3. The number of benzene rings is 1. The molecule has 0 atom stereocenters. The second-order valence-corrected chi connectivity index (χ2v) is 5.79. The van der Waals surface area contributed by atoms with Crippen LogP contribution in [0, 0.1) is 19.7 Å². The van der Waals surface area contributed by atoms with Gasteiger partial charge >= 0.3 is 0 Å². The fourth-order valence-corrected chi connectivity index (χ4v) is 2.75. The molecule has 1 heterocycles. The van der Waals surface area contributed by atoms with Crippen LogP contribution in [0.4, 0.5) is 10.1 Å². The minimum atomic E-state index is -0.765. The topological polar surface area (TPSA) is 80.2 Å². The highest BCUT2D eigenvalue weighted by Gasteiger charge is 2.28. The summed E-state index contributed by atoms with van der Waals surface area (Å²) in [6.07, 6.45) is 1.47. The van der Waals surface area contributed by atoms with E-state index in [4.69, 9.17) is 0 Å². The Morgan fingerprint density at radius 2 is 1.96 bits per heavy atom. The number of hydrogen-bond acceptors (Lipinski definition) is 3. The molecule has 0 bridgehead atoms. The van der Waals surface area contributed by atoms with Gasteiger partial charge in [0, 0.05) is 25.0 Å². The first-order valence-electron chi connectivity index (χ1n) is 7.94. The van der Waals surface area contributed by atoms with E-state index >= 15 is 0 Å². The maximum atomic E-state index is 13.3. The predicted octanol–water partition coefficient (Wildman–Crippen LogP) is 2.52. The van der Waals surface area contributed by atoms with Crippen LogP contribution in [0.25, 0.3) is 0 Å². The second kappa shape index (κ2) is 7.77. The van der Waals surface area contributed by atoms with Crippen molar-refractivity contribution in [3.05, 3.63) is 65.3 Å². The maximum Gasteiger partial charge on any atom is 0.292 e. The van der Waals surface area contributed by atoms with Gasteiger partial charge in [0.15, 0.2) is 0 Å². The van der Waals surface area contributed by atoms with Gasteiger partial charge in [0.1, 0.15) is 11.5 Å². The summed E-state index contributed by atoms with van der Waals surface area (Å²) in [4.78, 5) is 37.0. The van der Waals surface area contributed by atoms with Crippen LogP contribution in [0.2, 0.25) is 0 Å². The Kier molecular flexibility index (Phi) is 5.71. The van der Waals surface area contributed by atoms with E-state index in [9.17, 15) is 18.8 Å². The molecule has 0 unspecified atom stereocenters. The van der Waals surface area contributed by atoms with Crippen molar-refractivity contribution < 1.29 is 18.8 Å². The molecule has 2 N–H and O–H groups in total. The molecule has 0 fully saturated rings. The number of carbonyl (C=O) groups excluding carboxylic acids is 3. The molecule has 0 aliphatic carbocycles. The standard InChI is InChI=1S/C19H20FN3O3/c1-5-9-21-19(26)17(24)15-11(2)16(23(4)12(15)3)18(25)22-14-8-6-7-13(20)10-14/h5-8,10H,1,9H2,2-4H3,(H,21,26)(H,22,25). The number of aromatic nitrogens is 1. The molecular formula is C19H20FN3O3. The Labute approximate surface area is 150 Å². The molecule has 26 heavy (non-hydrogen) atoms. The first-order valence-corrected chi connectivity index (χ1v) is 7.94. The molecule has 136 valence electrons. The molecule has 0 saturated heterocycles. The van der Waals surface area contributed by atoms with E-state index in [1.54, 1.807) is 27.0 Å². The summed E-state index contributed by atoms with van der Waals surface area (Å²) < 4.78 is 14.8. The minimum Gasteiger partial charge on any atom is -0.346 e. The molecule has 0 spiro atoms. The highest BCUT2D eigenvalue weighted by atomic mass is 19.1.